The number of hydrogen-bond acceptors (Lipinski definition) is 1. The van der Waals surface area contributed by atoms with Crippen LogP contribution in [-0.2, 0) is 12.4 Å². The highest BCUT2D eigenvalue weighted by Crippen LogP contribution is 2.34. The molecule has 0 aliphatic carbocycles. The second kappa shape index (κ2) is 5.01. The molecule has 8 heteroatoms. The van der Waals surface area contributed by atoms with Gasteiger partial charge in [0, 0.05) is 5.56 Å². The van der Waals surface area contributed by atoms with Crippen molar-refractivity contribution in [1.29, 1.82) is 0 Å². The normalized spacial score (nSPS) is 12.5. The zero-order chi connectivity index (χ0) is 15.8. The Bertz CT molecular complexity index is 658. The first kappa shape index (κ1) is 15.3. The highest BCUT2D eigenvalue weighted by molar-refractivity contribution is 5.64. The van der Waals surface area contributed by atoms with Crippen LogP contribution in [0.3, 0.4) is 0 Å². The maximum Gasteiger partial charge on any atom is 0.433 e. The fraction of sp³-hybridized carbons (Fsp3) is 0.154. The molecule has 0 radical (unpaired) electrons. The molecule has 0 spiro atoms. The lowest BCUT2D eigenvalue weighted by atomic mass is 10.0. The van der Waals surface area contributed by atoms with Gasteiger partial charge in [0.2, 0.25) is 5.95 Å². The summed E-state index contributed by atoms with van der Waals surface area (Å²) in [6, 6.07) is 4.88. The number of aromatic nitrogens is 1. The predicted molar refractivity (Wildman–Crippen MR) is 59.6 cm³/mol. The molecular formula is C13H6F7N. The standard InChI is InChI=1S/C13H6F7N/c14-11-9(4-5-10(21-11)13(18,19)20)7-2-1-3-8(6-7)12(15,16)17/h1-6H. The van der Waals surface area contributed by atoms with Crippen molar-refractivity contribution in [3.8, 4) is 11.1 Å². The largest absolute Gasteiger partial charge is 0.433 e. The Kier molecular flexibility index (Phi) is 3.65. The number of rotatable bonds is 1. The van der Waals surface area contributed by atoms with E-state index in [1.54, 1.807) is 0 Å². The van der Waals surface area contributed by atoms with Gasteiger partial charge in [0.1, 0.15) is 5.69 Å². The Morgan fingerprint density at radius 2 is 1.48 bits per heavy atom. The molecule has 0 N–H and O–H groups in total. The van der Waals surface area contributed by atoms with E-state index in [0.717, 1.165) is 24.3 Å². The van der Waals surface area contributed by atoms with Crippen LogP contribution in [0.4, 0.5) is 30.7 Å². The Morgan fingerprint density at radius 1 is 0.810 bits per heavy atom. The lowest BCUT2D eigenvalue weighted by Gasteiger charge is -2.10. The van der Waals surface area contributed by atoms with Gasteiger partial charge in [0.05, 0.1) is 5.56 Å². The van der Waals surface area contributed by atoms with E-state index in [-0.39, 0.29) is 5.56 Å². The quantitative estimate of drug-likeness (QED) is 0.538. The summed E-state index contributed by atoms with van der Waals surface area (Å²) in [6.07, 6.45) is -9.46. The van der Waals surface area contributed by atoms with E-state index in [1.165, 1.54) is 0 Å². The summed E-state index contributed by atoms with van der Waals surface area (Å²) in [6.45, 7) is 0. The third-order valence-corrected chi connectivity index (χ3v) is 2.64. The molecule has 1 nitrogen and oxygen atoms in total. The van der Waals surface area contributed by atoms with Crippen LogP contribution in [0.2, 0.25) is 0 Å². The van der Waals surface area contributed by atoms with Gasteiger partial charge in [0.25, 0.3) is 0 Å². The van der Waals surface area contributed by atoms with Crippen molar-refractivity contribution in [3.05, 3.63) is 53.6 Å². The third kappa shape index (κ3) is 3.32. The lowest BCUT2D eigenvalue weighted by Crippen LogP contribution is -2.09. The third-order valence-electron chi connectivity index (χ3n) is 2.64. The molecule has 21 heavy (non-hydrogen) atoms. The second-order valence-electron chi connectivity index (χ2n) is 4.11. The highest BCUT2D eigenvalue weighted by atomic mass is 19.4. The first-order chi connectivity index (χ1) is 9.59. The van der Waals surface area contributed by atoms with Gasteiger partial charge in [-0.05, 0) is 29.8 Å². The van der Waals surface area contributed by atoms with Crippen LogP contribution in [0.15, 0.2) is 36.4 Å². The molecule has 0 fully saturated rings. The van der Waals surface area contributed by atoms with Crippen LogP contribution in [0.1, 0.15) is 11.3 Å². The maximum atomic E-state index is 13.6. The average molecular weight is 309 g/mol. The highest BCUT2D eigenvalue weighted by Gasteiger charge is 2.34. The van der Waals surface area contributed by atoms with Gasteiger partial charge in [-0.2, -0.15) is 30.7 Å². The number of benzene rings is 1. The van der Waals surface area contributed by atoms with Crippen LogP contribution in [0, 0.1) is 5.95 Å². The molecule has 0 atom stereocenters. The van der Waals surface area contributed by atoms with E-state index in [1.807, 2.05) is 0 Å². The number of pyridine rings is 1. The maximum absolute atomic E-state index is 13.6. The molecular weight excluding hydrogens is 303 g/mol. The minimum absolute atomic E-state index is 0.205. The molecule has 2 aromatic rings. The summed E-state index contributed by atoms with van der Waals surface area (Å²) in [5.74, 6) is -1.48. The summed E-state index contributed by atoms with van der Waals surface area (Å²) in [5.41, 5.74) is -3.12. The SMILES string of the molecule is Fc1nc(C(F)(F)F)ccc1-c1cccc(C(F)(F)F)c1. The lowest BCUT2D eigenvalue weighted by molar-refractivity contribution is -0.141. The van der Waals surface area contributed by atoms with Gasteiger partial charge in [-0.25, -0.2) is 4.98 Å². The van der Waals surface area contributed by atoms with E-state index < -0.39 is 35.1 Å². The van der Waals surface area contributed by atoms with E-state index in [9.17, 15) is 30.7 Å². The molecule has 0 saturated heterocycles. The van der Waals surface area contributed by atoms with E-state index >= 15 is 0 Å². The van der Waals surface area contributed by atoms with Crippen LogP contribution >= 0.6 is 0 Å². The summed E-state index contributed by atoms with van der Waals surface area (Å²) < 4.78 is 88.3. The first-order valence-electron chi connectivity index (χ1n) is 5.50. The average Bonchev–Trinajstić information content (AvgIpc) is 2.36. The topological polar surface area (TPSA) is 12.9 Å². The van der Waals surface area contributed by atoms with Gasteiger partial charge < -0.3 is 0 Å². The minimum Gasteiger partial charge on any atom is -0.215 e. The fourth-order valence-corrected chi connectivity index (χ4v) is 1.67. The molecule has 1 heterocycles. The Morgan fingerprint density at radius 3 is 2.00 bits per heavy atom. The molecule has 0 saturated carbocycles. The Labute approximate surface area is 114 Å². The van der Waals surface area contributed by atoms with Crippen molar-refractivity contribution in [3.63, 3.8) is 0 Å². The molecule has 0 aliphatic heterocycles. The number of hydrogen-bond donors (Lipinski definition) is 0. The van der Waals surface area contributed by atoms with Crippen molar-refractivity contribution in [1.82, 2.24) is 4.98 Å². The zero-order valence-corrected chi connectivity index (χ0v) is 10.1. The van der Waals surface area contributed by atoms with Gasteiger partial charge >= 0.3 is 12.4 Å². The van der Waals surface area contributed by atoms with E-state index in [2.05, 4.69) is 4.98 Å². The van der Waals surface area contributed by atoms with Crippen LogP contribution in [-0.4, -0.2) is 4.98 Å². The van der Waals surface area contributed by atoms with Crippen LogP contribution in [0.5, 0.6) is 0 Å². The molecule has 1 aromatic heterocycles. The molecule has 0 amide bonds. The number of alkyl halides is 6. The van der Waals surface area contributed by atoms with E-state index in [4.69, 9.17) is 0 Å². The number of nitrogens with zero attached hydrogens (tertiary/aromatic N) is 1. The summed E-state index contributed by atoms with van der Waals surface area (Å²) in [4.78, 5) is 2.74. The van der Waals surface area contributed by atoms with Crippen LogP contribution in [0.25, 0.3) is 11.1 Å². The summed E-state index contributed by atoms with van der Waals surface area (Å²) in [7, 11) is 0. The smallest absolute Gasteiger partial charge is 0.215 e. The fourth-order valence-electron chi connectivity index (χ4n) is 1.67. The minimum atomic E-state index is -4.83. The summed E-state index contributed by atoms with van der Waals surface area (Å²) >= 11 is 0. The summed E-state index contributed by atoms with van der Waals surface area (Å²) in [5, 5.41) is 0. The predicted octanol–water partition coefficient (Wildman–Crippen LogP) is 4.93. The van der Waals surface area contributed by atoms with Crippen LogP contribution < -0.4 is 0 Å². The monoisotopic (exact) mass is 309 g/mol. The van der Waals surface area contributed by atoms with Crippen molar-refractivity contribution >= 4 is 0 Å². The van der Waals surface area contributed by atoms with Gasteiger partial charge in [-0.1, -0.05) is 12.1 Å². The van der Waals surface area contributed by atoms with Crippen molar-refractivity contribution in [2.45, 2.75) is 12.4 Å². The van der Waals surface area contributed by atoms with E-state index in [0.29, 0.717) is 12.1 Å². The molecule has 0 unspecified atom stereocenters. The van der Waals surface area contributed by atoms with Gasteiger partial charge in [0.15, 0.2) is 0 Å². The van der Waals surface area contributed by atoms with Crippen molar-refractivity contribution in [2.24, 2.45) is 0 Å². The molecule has 112 valence electrons. The molecule has 0 bridgehead atoms. The molecule has 0 aliphatic rings. The van der Waals surface area contributed by atoms with Crippen molar-refractivity contribution in [2.75, 3.05) is 0 Å². The van der Waals surface area contributed by atoms with Crippen molar-refractivity contribution < 1.29 is 30.7 Å². The Balaban J connectivity index is 2.48. The Hall–Kier alpha value is -2.12. The molecule has 2 rings (SSSR count). The second-order valence-corrected chi connectivity index (χ2v) is 4.11. The number of halogens is 7. The van der Waals surface area contributed by atoms with Gasteiger partial charge in [-0.3, -0.25) is 0 Å². The zero-order valence-electron chi connectivity index (χ0n) is 10.1. The van der Waals surface area contributed by atoms with Gasteiger partial charge in [-0.15, -0.1) is 0 Å². The molecule has 1 aromatic carbocycles. The first-order valence-corrected chi connectivity index (χ1v) is 5.50.